The fraction of sp³-hybridized carbons (Fsp3) is 0.571. The van der Waals surface area contributed by atoms with Gasteiger partial charge in [0.25, 0.3) is 0 Å². The summed E-state index contributed by atoms with van der Waals surface area (Å²) in [5, 5.41) is 11.2. The van der Waals surface area contributed by atoms with Crippen LogP contribution in [0.25, 0.3) is 0 Å². The van der Waals surface area contributed by atoms with Gasteiger partial charge in [0.2, 0.25) is 5.88 Å². The fourth-order valence-corrected chi connectivity index (χ4v) is 3.57. The number of aryl methyl sites for hydroxylation is 2. The number of hydrogen-bond acceptors (Lipinski definition) is 4. The molecule has 0 aromatic carbocycles. The summed E-state index contributed by atoms with van der Waals surface area (Å²) >= 11 is 0. The summed E-state index contributed by atoms with van der Waals surface area (Å²) in [7, 11) is 1.97. The van der Waals surface area contributed by atoms with Gasteiger partial charge >= 0.3 is 0 Å². The lowest BCUT2D eigenvalue weighted by molar-refractivity contribution is 0.199. The van der Waals surface area contributed by atoms with Crippen LogP contribution in [0.15, 0.2) is 23.3 Å². The van der Waals surface area contributed by atoms with Gasteiger partial charge < -0.3 is 15.4 Å². The van der Waals surface area contributed by atoms with Gasteiger partial charge in [0.15, 0.2) is 5.96 Å². The fourth-order valence-electron chi connectivity index (χ4n) is 3.57. The van der Waals surface area contributed by atoms with Gasteiger partial charge in [0.05, 0.1) is 12.2 Å². The molecule has 2 aromatic rings. The van der Waals surface area contributed by atoms with Gasteiger partial charge in [-0.05, 0) is 52.5 Å². The molecule has 0 amide bonds. The Morgan fingerprint density at radius 2 is 2.03 bits per heavy atom. The number of ether oxygens (including phenoxy) is 1. The third-order valence-electron chi connectivity index (χ3n) is 5.27. The normalized spacial score (nSPS) is 14.6. The van der Waals surface area contributed by atoms with Crippen LogP contribution in [0.2, 0.25) is 0 Å². The molecule has 0 radical (unpaired) electrons. The zero-order valence-corrected chi connectivity index (χ0v) is 20.2. The highest BCUT2D eigenvalue weighted by Crippen LogP contribution is 2.25. The van der Waals surface area contributed by atoms with Crippen molar-refractivity contribution >= 4 is 29.9 Å². The van der Waals surface area contributed by atoms with E-state index < -0.39 is 0 Å². The second kappa shape index (κ2) is 11.4. The van der Waals surface area contributed by atoms with E-state index in [9.17, 15) is 0 Å². The maximum absolute atomic E-state index is 6.13. The molecule has 0 atom stereocenters. The van der Waals surface area contributed by atoms with E-state index in [2.05, 4.69) is 34.6 Å². The maximum Gasteiger partial charge on any atom is 0.218 e. The lowest BCUT2D eigenvalue weighted by Gasteiger charge is -2.15. The Morgan fingerprint density at radius 3 is 2.69 bits per heavy atom. The number of halogens is 1. The van der Waals surface area contributed by atoms with Crippen LogP contribution < -0.4 is 15.4 Å². The number of nitrogens with zero attached hydrogens (tertiary/aromatic N) is 4. The van der Waals surface area contributed by atoms with E-state index >= 15 is 0 Å². The number of rotatable bonds is 7. The molecule has 0 unspecified atom stereocenters. The minimum absolute atomic E-state index is 0. The number of guanidine groups is 1. The summed E-state index contributed by atoms with van der Waals surface area (Å²) in [6.45, 7) is 8.21. The predicted molar refractivity (Wildman–Crippen MR) is 127 cm³/mol. The van der Waals surface area contributed by atoms with Crippen molar-refractivity contribution in [2.24, 2.45) is 12.0 Å². The average molecular weight is 512 g/mol. The summed E-state index contributed by atoms with van der Waals surface area (Å²) in [6, 6.07) is 3.98. The van der Waals surface area contributed by atoms with Crippen molar-refractivity contribution < 1.29 is 4.74 Å². The molecule has 1 aliphatic rings. The SMILES string of the molecule is CCNC(=NCc1cccnc1OC1CCCC1)NCc1c(C)nn(C)c1C.I. The molecule has 1 fully saturated rings. The molecule has 3 rings (SSSR count). The number of hydrogen-bond donors (Lipinski definition) is 2. The summed E-state index contributed by atoms with van der Waals surface area (Å²) in [5.41, 5.74) is 4.43. The highest BCUT2D eigenvalue weighted by molar-refractivity contribution is 14.0. The van der Waals surface area contributed by atoms with E-state index in [1.54, 1.807) is 6.20 Å². The minimum Gasteiger partial charge on any atom is -0.474 e. The molecule has 160 valence electrons. The van der Waals surface area contributed by atoms with Gasteiger partial charge in [-0.15, -0.1) is 24.0 Å². The Balaban J connectivity index is 0.00000300. The van der Waals surface area contributed by atoms with Crippen LogP contribution >= 0.6 is 24.0 Å². The van der Waals surface area contributed by atoms with Gasteiger partial charge in [0.1, 0.15) is 6.10 Å². The molecule has 2 heterocycles. The van der Waals surface area contributed by atoms with Gasteiger partial charge in [-0.2, -0.15) is 5.10 Å². The van der Waals surface area contributed by atoms with Crippen LogP contribution in [0.1, 0.15) is 55.1 Å². The van der Waals surface area contributed by atoms with Crippen molar-refractivity contribution in [3.05, 3.63) is 40.8 Å². The zero-order valence-electron chi connectivity index (χ0n) is 17.9. The van der Waals surface area contributed by atoms with E-state index in [0.29, 0.717) is 25.1 Å². The molecule has 0 bridgehead atoms. The molecule has 1 aliphatic carbocycles. The number of aromatic nitrogens is 3. The molecule has 29 heavy (non-hydrogen) atoms. The van der Waals surface area contributed by atoms with Crippen LogP contribution in [0.5, 0.6) is 5.88 Å². The van der Waals surface area contributed by atoms with E-state index in [-0.39, 0.29) is 24.0 Å². The summed E-state index contributed by atoms with van der Waals surface area (Å²) < 4.78 is 8.05. The Hall–Kier alpha value is -1.84. The first-order valence-electron chi connectivity index (χ1n) is 10.2. The van der Waals surface area contributed by atoms with Crippen molar-refractivity contribution in [3.63, 3.8) is 0 Å². The Morgan fingerprint density at radius 1 is 1.28 bits per heavy atom. The molecule has 0 saturated heterocycles. The van der Waals surface area contributed by atoms with Crippen LogP contribution in [-0.4, -0.2) is 33.4 Å². The van der Waals surface area contributed by atoms with Crippen LogP contribution in [0.4, 0.5) is 0 Å². The standard InChI is InChI=1S/C21H32N6O.HI/c1-5-22-21(25-14-19-15(2)26-27(4)16(19)3)24-13-17-9-8-12-23-20(17)28-18-10-6-7-11-18;/h8-9,12,18H,5-7,10-11,13-14H2,1-4H3,(H2,22,24,25);1H. The van der Waals surface area contributed by atoms with Gasteiger partial charge in [0, 0.05) is 43.2 Å². The van der Waals surface area contributed by atoms with Crippen LogP contribution in [-0.2, 0) is 20.1 Å². The Bertz CT molecular complexity index is 813. The quantitative estimate of drug-likeness (QED) is 0.337. The van der Waals surface area contributed by atoms with Crippen molar-refractivity contribution in [3.8, 4) is 5.88 Å². The summed E-state index contributed by atoms with van der Waals surface area (Å²) in [4.78, 5) is 9.19. The number of nitrogens with one attached hydrogen (secondary N) is 2. The van der Waals surface area contributed by atoms with Crippen molar-refractivity contribution in [1.82, 2.24) is 25.4 Å². The molecule has 2 aromatic heterocycles. The maximum atomic E-state index is 6.13. The first kappa shape index (κ1) is 23.4. The molecular formula is C21H33IN6O. The summed E-state index contributed by atoms with van der Waals surface area (Å²) in [6.07, 6.45) is 6.80. The second-order valence-electron chi connectivity index (χ2n) is 7.31. The minimum atomic E-state index is 0. The lowest BCUT2D eigenvalue weighted by Crippen LogP contribution is -2.37. The van der Waals surface area contributed by atoms with Crippen molar-refractivity contribution in [2.45, 2.75) is 65.6 Å². The van der Waals surface area contributed by atoms with Crippen molar-refractivity contribution in [2.75, 3.05) is 6.54 Å². The molecular weight excluding hydrogens is 479 g/mol. The van der Waals surface area contributed by atoms with Crippen LogP contribution in [0, 0.1) is 13.8 Å². The monoisotopic (exact) mass is 512 g/mol. The third kappa shape index (κ3) is 6.32. The molecule has 8 heteroatoms. The van der Waals surface area contributed by atoms with Crippen LogP contribution in [0.3, 0.4) is 0 Å². The molecule has 7 nitrogen and oxygen atoms in total. The zero-order chi connectivity index (χ0) is 19.9. The van der Waals surface area contributed by atoms with E-state index in [1.165, 1.54) is 24.1 Å². The highest BCUT2D eigenvalue weighted by Gasteiger charge is 2.18. The topological polar surface area (TPSA) is 76.4 Å². The molecule has 1 saturated carbocycles. The smallest absolute Gasteiger partial charge is 0.218 e. The highest BCUT2D eigenvalue weighted by atomic mass is 127. The number of aliphatic imine (C=N–C) groups is 1. The largest absolute Gasteiger partial charge is 0.474 e. The second-order valence-corrected chi connectivity index (χ2v) is 7.31. The first-order valence-corrected chi connectivity index (χ1v) is 10.2. The van der Waals surface area contributed by atoms with E-state index in [1.807, 2.05) is 30.8 Å². The van der Waals surface area contributed by atoms with Gasteiger partial charge in [-0.1, -0.05) is 6.07 Å². The van der Waals surface area contributed by atoms with Gasteiger partial charge in [-0.3, -0.25) is 4.68 Å². The Labute approximate surface area is 190 Å². The first-order chi connectivity index (χ1) is 13.6. The molecule has 0 spiro atoms. The summed E-state index contributed by atoms with van der Waals surface area (Å²) in [5.74, 6) is 1.49. The van der Waals surface area contributed by atoms with Crippen molar-refractivity contribution in [1.29, 1.82) is 0 Å². The van der Waals surface area contributed by atoms with E-state index in [4.69, 9.17) is 9.73 Å². The molecule has 0 aliphatic heterocycles. The predicted octanol–water partition coefficient (Wildman–Crippen LogP) is 3.63. The average Bonchev–Trinajstić information content (AvgIpc) is 3.27. The van der Waals surface area contributed by atoms with Gasteiger partial charge in [-0.25, -0.2) is 9.98 Å². The molecule has 2 N–H and O–H groups in total. The lowest BCUT2D eigenvalue weighted by atomic mass is 10.2. The Kier molecular flexibility index (Phi) is 9.19. The number of pyridine rings is 1. The van der Waals surface area contributed by atoms with E-state index in [0.717, 1.165) is 36.6 Å². The third-order valence-corrected chi connectivity index (χ3v) is 5.27.